The molecule has 0 N–H and O–H groups in total. The van der Waals surface area contributed by atoms with Crippen molar-refractivity contribution in [3.05, 3.63) is 0 Å². The lowest BCUT2D eigenvalue weighted by Gasteiger charge is -2.14. The standard InChI is InChI=1S/C15H28O2/c1-2-3-4-5-6-7-8-11-14-12-9-10-13-15(16)17-14/h14H,2-13H2,1H3/t14-/m0/s1. The van der Waals surface area contributed by atoms with E-state index in [4.69, 9.17) is 4.74 Å². The van der Waals surface area contributed by atoms with E-state index in [1.165, 1.54) is 44.9 Å². The van der Waals surface area contributed by atoms with Gasteiger partial charge in [-0.3, -0.25) is 4.79 Å². The Kier molecular flexibility index (Phi) is 8.12. The number of ether oxygens (including phenoxy) is 1. The van der Waals surface area contributed by atoms with Gasteiger partial charge in [0.05, 0.1) is 0 Å². The highest BCUT2D eigenvalue weighted by Crippen LogP contribution is 2.19. The van der Waals surface area contributed by atoms with Crippen molar-refractivity contribution in [1.29, 1.82) is 0 Å². The number of carbonyl (C=O) groups excluding carboxylic acids is 1. The predicted molar refractivity (Wildman–Crippen MR) is 71.0 cm³/mol. The van der Waals surface area contributed by atoms with Crippen LogP contribution in [-0.2, 0) is 9.53 Å². The number of hydrogen-bond donors (Lipinski definition) is 0. The molecule has 0 radical (unpaired) electrons. The smallest absolute Gasteiger partial charge is 0.306 e. The van der Waals surface area contributed by atoms with Crippen LogP contribution in [0.25, 0.3) is 0 Å². The summed E-state index contributed by atoms with van der Waals surface area (Å²) < 4.78 is 5.42. The Morgan fingerprint density at radius 3 is 2.53 bits per heavy atom. The molecule has 17 heavy (non-hydrogen) atoms. The minimum Gasteiger partial charge on any atom is -0.462 e. The molecule has 1 rings (SSSR count). The van der Waals surface area contributed by atoms with E-state index < -0.39 is 0 Å². The van der Waals surface area contributed by atoms with Crippen molar-refractivity contribution in [3.63, 3.8) is 0 Å². The van der Waals surface area contributed by atoms with E-state index in [2.05, 4.69) is 6.92 Å². The number of cyclic esters (lactones) is 1. The Balaban J connectivity index is 1.96. The molecule has 1 aliphatic rings. The van der Waals surface area contributed by atoms with E-state index in [0.29, 0.717) is 6.42 Å². The molecular weight excluding hydrogens is 212 g/mol. The number of rotatable bonds is 8. The summed E-state index contributed by atoms with van der Waals surface area (Å²) in [4.78, 5) is 11.3. The third-order valence-electron chi connectivity index (χ3n) is 3.58. The van der Waals surface area contributed by atoms with Crippen molar-refractivity contribution in [1.82, 2.24) is 0 Å². The van der Waals surface area contributed by atoms with E-state index in [9.17, 15) is 4.79 Å². The normalized spacial score (nSPS) is 21.0. The second kappa shape index (κ2) is 9.49. The average molecular weight is 240 g/mol. The van der Waals surface area contributed by atoms with Crippen LogP contribution in [0.3, 0.4) is 0 Å². The fraction of sp³-hybridized carbons (Fsp3) is 0.933. The molecule has 0 aromatic rings. The quantitative estimate of drug-likeness (QED) is 0.457. The molecule has 1 saturated heterocycles. The molecule has 1 heterocycles. The Hall–Kier alpha value is -0.530. The third-order valence-corrected chi connectivity index (χ3v) is 3.58. The zero-order chi connectivity index (χ0) is 12.3. The van der Waals surface area contributed by atoms with Gasteiger partial charge in [-0.1, -0.05) is 45.4 Å². The maximum atomic E-state index is 11.3. The topological polar surface area (TPSA) is 26.3 Å². The van der Waals surface area contributed by atoms with E-state index in [0.717, 1.165) is 25.7 Å². The lowest BCUT2D eigenvalue weighted by Crippen LogP contribution is -2.15. The van der Waals surface area contributed by atoms with Crippen LogP contribution in [0.5, 0.6) is 0 Å². The highest BCUT2D eigenvalue weighted by atomic mass is 16.5. The van der Waals surface area contributed by atoms with Crippen molar-refractivity contribution >= 4 is 5.97 Å². The highest BCUT2D eigenvalue weighted by molar-refractivity contribution is 5.69. The van der Waals surface area contributed by atoms with E-state index in [1.54, 1.807) is 0 Å². The molecule has 2 heteroatoms. The van der Waals surface area contributed by atoms with Crippen LogP contribution in [0, 0.1) is 0 Å². The number of hydrogen-bond acceptors (Lipinski definition) is 2. The molecule has 1 atom stereocenters. The van der Waals surface area contributed by atoms with Crippen molar-refractivity contribution in [2.45, 2.75) is 90.1 Å². The summed E-state index contributed by atoms with van der Waals surface area (Å²) in [6, 6.07) is 0. The number of esters is 1. The molecule has 1 fully saturated rings. The van der Waals surface area contributed by atoms with Gasteiger partial charge < -0.3 is 4.74 Å². The van der Waals surface area contributed by atoms with Crippen LogP contribution < -0.4 is 0 Å². The first-order valence-corrected chi connectivity index (χ1v) is 7.52. The summed E-state index contributed by atoms with van der Waals surface area (Å²) >= 11 is 0. The lowest BCUT2D eigenvalue weighted by molar-refractivity contribution is -0.148. The van der Waals surface area contributed by atoms with Crippen LogP contribution in [0.2, 0.25) is 0 Å². The Morgan fingerprint density at radius 2 is 1.76 bits per heavy atom. The number of carbonyl (C=O) groups is 1. The summed E-state index contributed by atoms with van der Waals surface area (Å²) in [5.74, 6) is 0.0236. The molecule has 1 aliphatic heterocycles. The van der Waals surface area contributed by atoms with E-state index in [1.807, 2.05) is 0 Å². The Labute approximate surface area is 106 Å². The Bertz CT molecular complexity index is 201. The molecule has 0 saturated carbocycles. The summed E-state index contributed by atoms with van der Waals surface area (Å²) in [5.41, 5.74) is 0. The van der Waals surface area contributed by atoms with Gasteiger partial charge >= 0.3 is 5.97 Å². The molecule has 0 bridgehead atoms. The molecule has 0 aliphatic carbocycles. The van der Waals surface area contributed by atoms with Gasteiger partial charge in [0.1, 0.15) is 6.10 Å². The molecule has 0 amide bonds. The van der Waals surface area contributed by atoms with Crippen molar-refractivity contribution < 1.29 is 9.53 Å². The molecule has 0 aromatic heterocycles. The summed E-state index contributed by atoms with van der Waals surface area (Å²) in [6.45, 7) is 2.25. The van der Waals surface area contributed by atoms with Gasteiger partial charge in [0.15, 0.2) is 0 Å². The first-order chi connectivity index (χ1) is 8.33. The molecule has 0 unspecified atom stereocenters. The highest BCUT2D eigenvalue weighted by Gasteiger charge is 2.17. The maximum Gasteiger partial charge on any atom is 0.306 e. The van der Waals surface area contributed by atoms with Crippen LogP contribution in [0.4, 0.5) is 0 Å². The van der Waals surface area contributed by atoms with Gasteiger partial charge in [0.2, 0.25) is 0 Å². The zero-order valence-corrected chi connectivity index (χ0v) is 11.4. The van der Waals surface area contributed by atoms with Gasteiger partial charge in [0, 0.05) is 6.42 Å². The largest absolute Gasteiger partial charge is 0.462 e. The minimum atomic E-state index is 0.0236. The van der Waals surface area contributed by atoms with Gasteiger partial charge in [-0.05, 0) is 32.1 Å². The second-order valence-electron chi connectivity index (χ2n) is 5.27. The lowest BCUT2D eigenvalue weighted by atomic mass is 10.0. The van der Waals surface area contributed by atoms with Crippen molar-refractivity contribution in [3.8, 4) is 0 Å². The Morgan fingerprint density at radius 1 is 1.06 bits per heavy atom. The van der Waals surface area contributed by atoms with E-state index in [-0.39, 0.29) is 12.1 Å². The van der Waals surface area contributed by atoms with Crippen molar-refractivity contribution in [2.24, 2.45) is 0 Å². The molecule has 100 valence electrons. The monoisotopic (exact) mass is 240 g/mol. The first-order valence-electron chi connectivity index (χ1n) is 7.52. The fourth-order valence-corrected chi connectivity index (χ4v) is 2.48. The van der Waals surface area contributed by atoms with Gasteiger partial charge in [-0.2, -0.15) is 0 Å². The minimum absolute atomic E-state index is 0.0236. The third kappa shape index (κ3) is 7.40. The van der Waals surface area contributed by atoms with Gasteiger partial charge in [-0.25, -0.2) is 0 Å². The van der Waals surface area contributed by atoms with Crippen LogP contribution >= 0.6 is 0 Å². The second-order valence-corrected chi connectivity index (χ2v) is 5.27. The molecular formula is C15H28O2. The molecule has 0 spiro atoms. The summed E-state index contributed by atoms with van der Waals surface area (Å²) in [5, 5.41) is 0. The fourth-order valence-electron chi connectivity index (χ4n) is 2.48. The van der Waals surface area contributed by atoms with Gasteiger partial charge in [0.25, 0.3) is 0 Å². The molecule has 2 nitrogen and oxygen atoms in total. The molecule has 0 aromatic carbocycles. The van der Waals surface area contributed by atoms with Crippen LogP contribution in [0.1, 0.15) is 84.0 Å². The first kappa shape index (κ1) is 14.5. The zero-order valence-electron chi connectivity index (χ0n) is 11.4. The van der Waals surface area contributed by atoms with Gasteiger partial charge in [-0.15, -0.1) is 0 Å². The predicted octanol–water partition coefficient (Wildman–Crippen LogP) is 4.61. The SMILES string of the molecule is CCCCCCCCC[C@H]1CCCCC(=O)O1. The van der Waals surface area contributed by atoms with Crippen LogP contribution in [0.15, 0.2) is 0 Å². The van der Waals surface area contributed by atoms with E-state index >= 15 is 0 Å². The maximum absolute atomic E-state index is 11.3. The summed E-state index contributed by atoms with van der Waals surface area (Å²) in [6.07, 6.45) is 14.5. The average Bonchev–Trinajstić information content (AvgIpc) is 2.52. The van der Waals surface area contributed by atoms with Crippen molar-refractivity contribution in [2.75, 3.05) is 0 Å². The van der Waals surface area contributed by atoms with Crippen LogP contribution in [-0.4, -0.2) is 12.1 Å². The number of unbranched alkanes of at least 4 members (excludes halogenated alkanes) is 6. The summed E-state index contributed by atoms with van der Waals surface area (Å²) in [7, 11) is 0.